The SMILES string of the molecule is Cc1nc(NCc2ccc(NC(N)=O)cc2)c2cnn(C(C)(C)C)c2n1. The first kappa shape index (κ1) is 17.7. The van der Waals surface area contributed by atoms with E-state index in [0.717, 1.165) is 22.4 Å². The number of benzene rings is 1. The molecule has 0 bridgehead atoms. The molecule has 2 heterocycles. The zero-order valence-electron chi connectivity index (χ0n) is 15.4. The number of anilines is 2. The number of aryl methyl sites for hydroxylation is 1. The van der Waals surface area contributed by atoms with Crippen molar-refractivity contribution in [2.75, 3.05) is 10.6 Å². The number of hydrogen-bond donors (Lipinski definition) is 3. The Bertz CT molecular complexity index is 939. The van der Waals surface area contributed by atoms with Gasteiger partial charge >= 0.3 is 6.03 Å². The third kappa shape index (κ3) is 3.74. The second-order valence-electron chi connectivity index (χ2n) is 7.12. The Labute approximate surface area is 151 Å². The summed E-state index contributed by atoms with van der Waals surface area (Å²) in [4.78, 5) is 19.9. The zero-order valence-corrected chi connectivity index (χ0v) is 15.4. The van der Waals surface area contributed by atoms with Gasteiger partial charge in [0.05, 0.1) is 17.1 Å². The molecule has 136 valence electrons. The van der Waals surface area contributed by atoms with Crippen LogP contribution in [0.2, 0.25) is 0 Å². The number of rotatable bonds is 4. The maximum atomic E-state index is 10.9. The summed E-state index contributed by atoms with van der Waals surface area (Å²) in [6, 6.07) is 6.87. The van der Waals surface area contributed by atoms with Gasteiger partial charge in [0.2, 0.25) is 0 Å². The second kappa shape index (κ2) is 6.62. The van der Waals surface area contributed by atoms with Gasteiger partial charge in [0, 0.05) is 12.2 Å². The molecule has 8 heteroatoms. The van der Waals surface area contributed by atoms with Gasteiger partial charge in [-0.1, -0.05) is 12.1 Å². The molecule has 0 radical (unpaired) electrons. The van der Waals surface area contributed by atoms with Gasteiger partial charge in [-0.2, -0.15) is 5.10 Å². The van der Waals surface area contributed by atoms with E-state index in [0.29, 0.717) is 18.1 Å². The maximum Gasteiger partial charge on any atom is 0.316 e. The Hall–Kier alpha value is -3.16. The summed E-state index contributed by atoms with van der Waals surface area (Å²) in [5, 5.41) is 11.3. The largest absolute Gasteiger partial charge is 0.365 e. The van der Waals surface area contributed by atoms with Gasteiger partial charge < -0.3 is 16.4 Å². The Kier molecular flexibility index (Phi) is 4.50. The Balaban J connectivity index is 1.83. The van der Waals surface area contributed by atoms with Crippen molar-refractivity contribution in [3.8, 4) is 0 Å². The molecule has 0 atom stereocenters. The quantitative estimate of drug-likeness (QED) is 0.668. The fraction of sp³-hybridized carbons (Fsp3) is 0.333. The summed E-state index contributed by atoms with van der Waals surface area (Å²) >= 11 is 0. The molecule has 0 saturated carbocycles. The van der Waals surface area contributed by atoms with Crippen LogP contribution in [0.4, 0.5) is 16.3 Å². The molecule has 3 aromatic rings. The van der Waals surface area contributed by atoms with Crippen LogP contribution >= 0.6 is 0 Å². The highest BCUT2D eigenvalue weighted by Gasteiger charge is 2.20. The number of nitrogens with two attached hydrogens (primary N) is 1. The number of primary amides is 1. The second-order valence-corrected chi connectivity index (χ2v) is 7.12. The molecule has 26 heavy (non-hydrogen) atoms. The molecule has 0 aliphatic carbocycles. The van der Waals surface area contributed by atoms with E-state index in [9.17, 15) is 4.79 Å². The zero-order chi connectivity index (χ0) is 18.9. The van der Waals surface area contributed by atoms with Crippen LogP contribution in [0.15, 0.2) is 30.5 Å². The molecular formula is C18H23N7O. The number of carbonyl (C=O) groups excluding carboxylic acids is 1. The molecule has 1 aromatic carbocycles. The molecule has 2 amide bonds. The molecule has 8 nitrogen and oxygen atoms in total. The van der Waals surface area contributed by atoms with E-state index in [1.807, 2.05) is 23.7 Å². The summed E-state index contributed by atoms with van der Waals surface area (Å²) in [6.07, 6.45) is 1.79. The van der Waals surface area contributed by atoms with Gasteiger partial charge in [-0.25, -0.2) is 19.4 Å². The summed E-state index contributed by atoms with van der Waals surface area (Å²) in [5.41, 5.74) is 7.47. The monoisotopic (exact) mass is 353 g/mol. The first-order chi connectivity index (χ1) is 12.2. The number of carbonyl (C=O) groups is 1. The van der Waals surface area contributed by atoms with Crippen molar-refractivity contribution < 1.29 is 4.79 Å². The molecular weight excluding hydrogens is 330 g/mol. The first-order valence-corrected chi connectivity index (χ1v) is 8.36. The van der Waals surface area contributed by atoms with E-state index in [4.69, 9.17) is 5.73 Å². The smallest absolute Gasteiger partial charge is 0.316 e. The lowest BCUT2D eigenvalue weighted by Crippen LogP contribution is -2.23. The fourth-order valence-electron chi connectivity index (χ4n) is 2.68. The van der Waals surface area contributed by atoms with Crippen molar-refractivity contribution in [1.29, 1.82) is 0 Å². The fourth-order valence-corrected chi connectivity index (χ4v) is 2.68. The molecule has 0 saturated heterocycles. The van der Waals surface area contributed by atoms with E-state index in [-0.39, 0.29) is 5.54 Å². The predicted octanol–water partition coefficient (Wildman–Crippen LogP) is 2.99. The minimum Gasteiger partial charge on any atom is -0.365 e. The Morgan fingerprint density at radius 1 is 1.19 bits per heavy atom. The number of aromatic nitrogens is 4. The van der Waals surface area contributed by atoms with Gasteiger partial charge in [0.1, 0.15) is 11.6 Å². The number of hydrogen-bond acceptors (Lipinski definition) is 5. The van der Waals surface area contributed by atoms with Crippen LogP contribution in [0.3, 0.4) is 0 Å². The van der Waals surface area contributed by atoms with Crippen LogP contribution in [0.1, 0.15) is 32.2 Å². The van der Waals surface area contributed by atoms with E-state index in [1.165, 1.54) is 0 Å². The average molecular weight is 353 g/mol. The van der Waals surface area contributed by atoms with Gasteiger partial charge in [0.25, 0.3) is 0 Å². The number of nitrogens with one attached hydrogen (secondary N) is 2. The van der Waals surface area contributed by atoms with Crippen LogP contribution in [-0.4, -0.2) is 25.8 Å². The van der Waals surface area contributed by atoms with Crippen LogP contribution in [0.5, 0.6) is 0 Å². The van der Waals surface area contributed by atoms with Gasteiger partial charge in [-0.15, -0.1) is 0 Å². The third-order valence-electron chi connectivity index (χ3n) is 3.86. The lowest BCUT2D eigenvalue weighted by atomic mass is 10.1. The Morgan fingerprint density at radius 3 is 2.50 bits per heavy atom. The summed E-state index contributed by atoms with van der Waals surface area (Å²) in [6.45, 7) is 8.72. The van der Waals surface area contributed by atoms with E-state index >= 15 is 0 Å². The highest BCUT2D eigenvalue weighted by Crippen LogP contribution is 2.25. The Morgan fingerprint density at radius 2 is 1.88 bits per heavy atom. The first-order valence-electron chi connectivity index (χ1n) is 8.36. The molecule has 0 aliphatic rings. The maximum absolute atomic E-state index is 10.9. The van der Waals surface area contributed by atoms with Crippen molar-refractivity contribution in [3.05, 3.63) is 41.9 Å². The van der Waals surface area contributed by atoms with Gasteiger partial charge in [-0.3, -0.25) is 0 Å². The van der Waals surface area contributed by atoms with Crippen molar-refractivity contribution in [2.45, 2.75) is 39.8 Å². The summed E-state index contributed by atoms with van der Waals surface area (Å²) in [5.74, 6) is 1.44. The minimum atomic E-state index is -0.578. The molecule has 0 fully saturated rings. The average Bonchev–Trinajstić information content (AvgIpc) is 2.97. The summed E-state index contributed by atoms with van der Waals surface area (Å²) < 4.78 is 1.91. The number of nitrogens with zero attached hydrogens (tertiary/aromatic N) is 4. The molecule has 4 N–H and O–H groups in total. The highest BCUT2D eigenvalue weighted by molar-refractivity contribution is 5.88. The van der Waals surface area contributed by atoms with Crippen molar-refractivity contribution in [2.24, 2.45) is 5.73 Å². The highest BCUT2D eigenvalue weighted by atomic mass is 16.2. The standard InChI is InChI=1S/C18H23N7O/c1-11-22-15(14-10-21-25(16(14)23-11)18(2,3)4)20-9-12-5-7-13(8-6-12)24-17(19)26/h5-8,10H,9H2,1-4H3,(H3,19,24,26)(H,20,22,23). The van der Waals surface area contributed by atoms with Gasteiger partial charge in [0.15, 0.2) is 5.65 Å². The van der Waals surface area contributed by atoms with Crippen molar-refractivity contribution in [1.82, 2.24) is 19.7 Å². The molecule has 0 spiro atoms. The minimum absolute atomic E-state index is 0.164. The van der Waals surface area contributed by atoms with E-state index in [1.54, 1.807) is 18.3 Å². The number of amides is 2. The van der Waals surface area contributed by atoms with Crippen LogP contribution in [0, 0.1) is 6.92 Å². The normalized spacial score (nSPS) is 11.5. The molecule has 2 aromatic heterocycles. The van der Waals surface area contributed by atoms with Crippen LogP contribution < -0.4 is 16.4 Å². The van der Waals surface area contributed by atoms with Crippen molar-refractivity contribution in [3.63, 3.8) is 0 Å². The van der Waals surface area contributed by atoms with Gasteiger partial charge in [-0.05, 0) is 45.4 Å². The summed E-state index contributed by atoms with van der Waals surface area (Å²) in [7, 11) is 0. The molecule has 0 aliphatic heterocycles. The molecule has 0 unspecified atom stereocenters. The van der Waals surface area contributed by atoms with Crippen molar-refractivity contribution >= 4 is 28.6 Å². The lowest BCUT2D eigenvalue weighted by molar-refractivity contribution is 0.259. The number of urea groups is 1. The predicted molar refractivity (Wildman–Crippen MR) is 102 cm³/mol. The third-order valence-corrected chi connectivity index (χ3v) is 3.86. The number of fused-ring (bicyclic) bond motifs is 1. The lowest BCUT2D eigenvalue weighted by Gasteiger charge is -2.20. The topological polar surface area (TPSA) is 111 Å². The van der Waals surface area contributed by atoms with Crippen LogP contribution in [-0.2, 0) is 12.1 Å². The molecule has 3 rings (SSSR count). The van der Waals surface area contributed by atoms with E-state index in [2.05, 4.69) is 46.5 Å². The van der Waals surface area contributed by atoms with E-state index < -0.39 is 6.03 Å². The van der Waals surface area contributed by atoms with Crippen LogP contribution in [0.25, 0.3) is 11.0 Å².